The van der Waals surface area contributed by atoms with Crippen LogP contribution < -0.4 is 5.56 Å². The molecule has 2 aromatic rings. The lowest BCUT2D eigenvalue weighted by Crippen LogP contribution is -2.19. The van der Waals surface area contributed by atoms with Crippen LogP contribution in [0.4, 0.5) is 0 Å². The number of hydrogen-bond acceptors (Lipinski definition) is 1. The van der Waals surface area contributed by atoms with E-state index in [2.05, 4.69) is 6.92 Å². The van der Waals surface area contributed by atoms with Gasteiger partial charge in [-0.3, -0.25) is 4.79 Å². The monoisotopic (exact) mass is 201 g/mol. The predicted molar refractivity (Wildman–Crippen MR) is 63.3 cm³/mol. The molecular formula is C13H15NO. The molecule has 0 aliphatic heterocycles. The number of fused-ring (bicyclic) bond motifs is 1. The molecule has 0 N–H and O–H groups in total. The first-order chi connectivity index (χ1) is 7.27. The maximum Gasteiger partial charge on any atom is 0.258 e. The van der Waals surface area contributed by atoms with E-state index in [1.165, 1.54) is 5.56 Å². The molecule has 0 spiro atoms. The van der Waals surface area contributed by atoms with Gasteiger partial charge in [0.15, 0.2) is 0 Å². The number of nitrogens with zero attached hydrogens (tertiary/aromatic N) is 1. The Labute approximate surface area is 89.2 Å². The lowest BCUT2D eigenvalue weighted by atomic mass is 10.1. The second-order valence-corrected chi connectivity index (χ2v) is 3.64. The van der Waals surface area contributed by atoms with Gasteiger partial charge in [0.1, 0.15) is 0 Å². The van der Waals surface area contributed by atoms with E-state index in [1.807, 2.05) is 37.4 Å². The molecule has 2 nitrogen and oxygen atoms in total. The molecule has 1 aromatic heterocycles. The number of aryl methyl sites for hydroxylation is 2. The largest absolute Gasteiger partial charge is 0.315 e. The van der Waals surface area contributed by atoms with Gasteiger partial charge in [-0.05, 0) is 30.4 Å². The van der Waals surface area contributed by atoms with Gasteiger partial charge >= 0.3 is 0 Å². The van der Waals surface area contributed by atoms with Gasteiger partial charge in [0, 0.05) is 18.1 Å². The predicted octanol–water partition coefficient (Wildman–Crippen LogP) is 2.58. The Morgan fingerprint density at radius 1 is 1.13 bits per heavy atom. The minimum absolute atomic E-state index is 0.116. The summed E-state index contributed by atoms with van der Waals surface area (Å²) in [4.78, 5) is 12.0. The number of aromatic nitrogens is 1. The van der Waals surface area contributed by atoms with Gasteiger partial charge in [-0.2, -0.15) is 0 Å². The molecular weight excluding hydrogens is 186 g/mol. The molecule has 0 aliphatic carbocycles. The number of rotatable bonds is 2. The zero-order valence-electron chi connectivity index (χ0n) is 9.16. The first kappa shape index (κ1) is 9.97. The Hall–Kier alpha value is -1.57. The Balaban J connectivity index is 2.90. The quantitative estimate of drug-likeness (QED) is 0.732. The molecule has 1 heterocycles. The van der Waals surface area contributed by atoms with Crippen LogP contribution in [0.25, 0.3) is 10.8 Å². The Morgan fingerprint density at radius 2 is 1.80 bits per heavy atom. The number of hydrogen-bond donors (Lipinski definition) is 0. The fourth-order valence-corrected chi connectivity index (χ4v) is 1.94. The molecule has 0 amide bonds. The first-order valence-corrected chi connectivity index (χ1v) is 5.39. The van der Waals surface area contributed by atoms with Crippen molar-refractivity contribution in [3.63, 3.8) is 0 Å². The van der Waals surface area contributed by atoms with Crippen molar-refractivity contribution >= 4 is 10.8 Å². The maximum absolute atomic E-state index is 12.0. The third kappa shape index (κ3) is 1.56. The molecule has 0 saturated carbocycles. The lowest BCUT2D eigenvalue weighted by Gasteiger charge is -2.08. The smallest absolute Gasteiger partial charge is 0.258 e. The summed E-state index contributed by atoms with van der Waals surface area (Å²) < 4.78 is 1.78. The van der Waals surface area contributed by atoms with Gasteiger partial charge in [0.25, 0.3) is 5.56 Å². The summed E-state index contributed by atoms with van der Waals surface area (Å²) in [6.45, 7) is 4.85. The van der Waals surface area contributed by atoms with E-state index in [9.17, 15) is 4.79 Å². The highest BCUT2D eigenvalue weighted by atomic mass is 16.1. The molecule has 0 fully saturated rings. The molecule has 0 saturated heterocycles. The van der Waals surface area contributed by atoms with E-state index in [-0.39, 0.29) is 5.56 Å². The van der Waals surface area contributed by atoms with Crippen molar-refractivity contribution in [2.45, 2.75) is 26.8 Å². The van der Waals surface area contributed by atoms with Crippen molar-refractivity contribution in [3.8, 4) is 0 Å². The summed E-state index contributed by atoms with van der Waals surface area (Å²) >= 11 is 0. The zero-order valence-corrected chi connectivity index (χ0v) is 9.16. The Bertz CT molecular complexity index is 540. The first-order valence-electron chi connectivity index (χ1n) is 5.39. The van der Waals surface area contributed by atoms with Crippen LogP contribution in [0, 0.1) is 0 Å². The van der Waals surface area contributed by atoms with E-state index < -0.39 is 0 Å². The standard InChI is InChI=1S/C13H15NO/c1-3-10-9-14(4-2)13(15)12-8-6-5-7-11(10)12/h5-9H,3-4H2,1-2H3. The SMILES string of the molecule is CCc1cn(CC)c(=O)c2ccccc12. The minimum Gasteiger partial charge on any atom is -0.315 e. The summed E-state index contributed by atoms with van der Waals surface area (Å²) in [5.41, 5.74) is 1.36. The molecule has 2 rings (SSSR count). The van der Waals surface area contributed by atoms with Gasteiger partial charge in [0.2, 0.25) is 0 Å². The van der Waals surface area contributed by atoms with Crippen molar-refractivity contribution < 1.29 is 0 Å². The van der Waals surface area contributed by atoms with Crippen LogP contribution in [0.1, 0.15) is 19.4 Å². The summed E-state index contributed by atoms with van der Waals surface area (Å²) in [6, 6.07) is 7.83. The molecule has 78 valence electrons. The molecule has 1 aromatic carbocycles. The second kappa shape index (κ2) is 3.89. The summed E-state index contributed by atoms with van der Waals surface area (Å²) in [6.07, 6.45) is 2.94. The van der Waals surface area contributed by atoms with E-state index in [0.717, 1.165) is 23.7 Å². The van der Waals surface area contributed by atoms with Crippen molar-refractivity contribution in [3.05, 3.63) is 46.4 Å². The third-order valence-electron chi connectivity index (χ3n) is 2.80. The highest BCUT2D eigenvalue weighted by molar-refractivity contribution is 5.84. The zero-order chi connectivity index (χ0) is 10.8. The van der Waals surface area contributed by atoms with Crippen molar-refractivity contribution in [1.82, 2.24) is 4.57 Å². The second-order valence-electron chi connectivity index (χ2n) is 3.64. The fourth-order valence-electron chi connectivity index (χ4n) is 1.94. The van der Waals surface area contributed by atoms with Crippen LogP contribution in [-0.4, -0.2) is 4.57 Å². The van der Waals surface area contributed by atoms with Gasteiger partial charge in [-0.25, -0.2) is 0 Å². The molecule has 0 bridgehead atoms. The Morgan fingerprint density at radius 3 is 2.40 bits per heavy atom. The van der Waals surface area contributed by atoms with Crippen LogP contribution in [0.2, 0.25) is 0 Å². The van der Waals surface area contributed by atoms with Gasteiger partial charge in [-0.1, -0.05) is 25.1 Å². The van der Waals surface area contributed by atoms with Gasteiger partial charge in [0.05, 0.1) is 0 Å². The number of benzene rings is 1. The molecule has 0 unspecified atom stereocenters. The van der Waals surface area contributed by atoms with Crippen LogP contribution >= 0.6 is 0 Å². The van der Waals surface area contributed by atoms with E-state index in [4.69, 9.17) is 0 Å². The van der Waals surface area contributed by atoms with Crippen LogP contribution in [0.3, 0.4) is 0 Å². The van der Waals surface area contributed by atoms with Crippen molar-refractivity contribution in [2.75, 3.05) is 0 Å². The highest BCUT2D eigenvalue weighted by Crippen LogP contribution is 2.15. The van der Waals surface area contributed by atoms with Crippen LogP contribution in [-0.2, 0) is 13.0 Å². The van der Waals surface area contributed by atoms with Gasteiger partial charge < -0.3 is 4.57 Å². The van der Waals surface area contributed by atoms with Crippen molar-refractivity contribution in [1.29, 1.82) is 0 Å². The minimum atomic E-state index is 0.116. The normalized spacial score (nSPS) is 10.8. The average Bonchev–Trinajstić information content (AvgIpc) is 2.30. The lowest BCUT2D eigenvalue weighted by molar-refractivity contribution is 0.728. The molecule has 15 heavy (non-hydrogen) atoms. The van der Waals surface area contributed by atoms with E-state index >= 15 is 0 Å². The maximum atomic E-state index is 12.0. The van der Waals surface area contributed by atoms with Crippen LogP contribution in [0.5, 0.6) is 0 Å². The van der Waals surface area contributed by atoms with Crippen molar-refractivity contribution in [2.24, 2.45) is 0 Å². The van der Waals surface area contributed by atoms with E-state index in [1.54, 1.807) is 4.57 Å². The fraction of sp³-hybridized carbons (Fsp3) is 0.308. The molecule has 0 atom stereocenters. The third-order valence-corrected chi connectivity index (χ3v) is 2.80. The molecule has 0 radical (unpaired) electrons. The van der Waals surface area contributed by atoms with E-state index in [0.29, 0.717) is 0 Å². The summed E-state index contributed by atoms with van der Waals surface area (Å²) in [7, 11) is 0. The highest BCUT2D eigenvalue weighted by Gasteiger charge is 2.05. The molecule has 0 aliphatic rings. The van der Waals surface area contributed by atoms with Crippen LogP contribution in [0.15, 0.2) is 35.3 Å². The summed E-state index contributed by atoms with van der Waals surface area (Å²) in [5.74, 6) is 0. The molecule has 2 heteroatoms. The van der Waals surface area contributed by atoms with Gasteiger partial charge in [-0.15, -0.1) is 0 Å². The number of pyridine rings is 1. The summed E-state index contributed by atoms with van der Waals surface area (Å²) in [5, 5.41) is 1.92. The topological polar surface area (TPSA) is 22.0 Å². The average molecular weight is 201 g/mol. The Kier molecular flexibility index (Phi) is 2.58.